The van der Waals surface area contributed by atoms with Crippen molar-refractivity contribution in [3.63, 3.8) is 0 Å². The normalized spacial score (nSPS) is 21.8. The zero-order valence-electron chi connectivity index (χ0n) is 18.9. The summed E-state index contributed by atoms with van der Waals surface area (Å²) in [6.07, 6.45) is 0.840. The first-order valence-corrected chi connectivity index (χ1v) is 11.4. The number of hydrogen-bond donors (Lipinski definition) is 0. The van der Waals surface area contributed by atoms with Gasteiger partial charge >= 0.3 is 0 Å². The van der Waals surface area contributed by atoms with Crippen LogP contribution in [-0.4, -0.2) is 72.2 Å². The van der Waals surface area contributed by atoms with Crippen molar-refractivity contribution in [2.24, 2.45) is 11.8 Å². The van der Waals surface area contributed by atoms with Crippen molar-refractivity contribution in [2.75, 3.05) is 39.8 Å². The van der Waals surface area contributed by atoms with Crippen molar-refractivity contribution in [3.8, 4) is 11.1 Å². The van der Waals surface area contributed by atoms with E-state index in [0.29, 0.717) is 39.1 Å². The maximum absolute atomic E-state index is 13.3. The highest BCUT2D eigenvalue weighted by Crippen LogP contribution is 2.28. The lowest BCUT2D eigenvalue weighted by Gasteiger charge is -2.26. The van der Waals surface area contributed by atoms with Crippen LogP contribution in [0.3, 0.4) is 0 Å². The van der Waals surface area contributed by atoms with Crippen LogP contribution >= 0.6 is 0 Å². The van der Waals surface area contributed by atoms with Gasteiger partial charge in [0.05, 0.1) is 11.8 Å². The van der Waals surface area contributed by atoms with Gasteiger partial charge in [0.1, 0.15) is 0 Å². The van der Waals surface area contributed by atoms with E-state index in [1.54, 1.807) is 11.9 Å². The van der Waals surface area contributed by atoms with Gasteiger partial charge in [-0.3, -0.25) is 14.4 Å². The molecule has 4 rings (SSSR count). The number of rotatable bonds is 5. The van der Waals surface area contributed by atoms with Crippen molar-refractivity contribution in [1.29, 1.82) is 0 Å². The lowest BCUT2D eigenvalue weighted by Crippen LogP contribution is -2.41. The minimum absolute atomic E-state index is 0.00482. The summed E-state index contributed by atoms with van der Waals surface area (Å²) in [5, 5.41) is 0. The highest BCUT2D eigenvalue weighted by atomic mass is 16.2. The van der Waals surface area contributed by atoms with Crippen LogP contribution in [0.1, 0.15) is 18.9 Å². The topological polar surface area (TPSA) is 60.9 Å². The van der Waals surface area contributed by atoms with E-state index in [4.69, 9.17) is 0 Å². The van der Waals surface area contributed by atoms with Gasteiger partial charge in [-0.1, -0.05) is 54.6 Å². The number of benzene rings is 2. The minimum atomic E-state index is -0.312. The molecule has 0 unspecified atom stereocenters. The minimum Gasteiger partial charge on any atom is -0.345 e. The molecule has 0 aromatic heterocycles. The van der Waals surface area contributed by atoms with Gasteiger partial charge < -0.3 is 14.7 Å². The summed E-state index contributed by atoms with van der Waals surface area (Å²) in [7, 11) is 1.74. The third-order valence-corrected chi connectivity index (χ3v) is 6.69. The molecule has 6 heteroatoms. The standard InChI is InChI=1S/C26H31N3O3/c1-3-28-13-14-29(26(32)22-16-24(30)27(2)17-22)18-21(25(28)31)15-20-11-7-8-12-23(20)19-9-5-4-6-10-19/h4-12,21-22H,3,13-18H2,1-2H3/t21-,22+/m1/s1. The molecule has 2 aliphatic rings. The summed E-state index contributed by atoms with van der Waals surface area (Å²) in [6, 6.07) is 18.4. The zero-order valence-corrected chi connectivity index (χ0v) is 18.9. The SMILES string of the molecule is CCN1CCN(C(=O)[C@H]2CC(=O)N(C)C2)C[C@@H](Cc2ccccc2-c2ccccc2)C1=O. The third kappa shape index (κ3) is 4.54. The summed E-state index contributed by atoms with van der Waals surface area (Å²) in [5.41, 5.74) is 3.35. The number of carbonyl (C=O) groups excluding carboxylic acids is 3. The summed E-state index contributed by atoms with van der Waals surface area (Å²) < 4.78 is 0. The molecular weight excluding hydrogens is 402 g/mol. The van der Waals surface area contributed by atoms with E-state index in [9.17, 15) is 14.4 Å². The predicted octanol–water partition coefficient (Wildman–Crippen LogP) is 2.68. The Morgan fingerprint density at radius 1 is 0.969 bits per heavy atom. The Morgan fingerprint density at radius 2 is 1.69 bits per heavy atom. The Bertz CT molecular complexity index is 991. The molecule has 6 nitrogen and oxygen atoms in total. The fraction of sp³-hybridized carbons (Fsp3) is 0.423. The average Bonchev–Trinajstić information content (AvgIpc) is 3.07. The van der Waals surface area contributed by atoms with Crippen LogP contribution in [0.2, 0.25) is 0 Å². The van der Waals surface area contributed by atoms with Gasteiger partial charge in [-0.2, -0.15) is 0 Å². The predicted molar refractivity (Wildman–Crippen MR) is 124 cm³/mol. The Labute approximate surface area is 189 Å². The van der Waals surface area contributed by atoms with E-state index < -0.39 is 0 Å². The zero-order chi connectivity index (χ0) is 22.7. The van der Waals surface area contributed by atoms with E-state index >= 15 is 0 Å². The van der Waals surface area contributed by atoms with Crippen molar-refractivity contribution >= 4 is 17.7 Å². The van der Waals surface area contributed by atoms with E-state index in [1.807, 2.05) is 47.1 Å². The Morgan fingerprint density at radius 3 is 2.38 bits per heavy atom. The molecule has 2 saturated heterocycles. The molecular formula is C26H31N3O3. The fourth-order valence-corrected chi connectivity index (χ4v) is 4.86. The second-order valence-corrected chi connectivity index (χ2v) is 8.80. The summed E-state index contributed by atoms with van der Waals surface area (Å²) >= 11 is 0. The van der Waals surface area contributed by atoms with E-state index in [0.717, 1.165) is 16.7 Å². The molecule has 0 saturated carbocycles. The van der Waals surface area contributed by atoms with E-state index in [-0.39, 0.29) is 36.0 Å². The molecule has 32 heavy (non-hydrogen) atoms. The Kier molecular flexibility index (Phi) is 6.58. The number of likely N-dealkylation sites (N-methyl/N-ethyl adjacent to an activating group) is 1. The maximum atomic E-state index is 13.3. The third-order valence-electron chi connectivity index (χ3n) is 6.69. The van der Waals surface area contributed by atoms with E-state index in [2.05, 4.69) is 24.3 Å². The quantitative estimate of drug-likeness (QED) is 0.729. The second kappa shape index (κ2) is 9.55. The molecule has 2 aromatic carbocycles. The number of amides is 3. The van der Waals surface area contributed by atoms with Crippen LogP contribution in [0, 0.1) is 11.8 Å². The van der Waals surface area contributed by atoms with Gasteiger partial charge in [-0.25, -0.2) is 0 Å². The molecule has 0 aliphatic carbocycles. The van der Waals surface area contributed by atoms with Crippen LogP contribution in [0.15, 0.2) is 54.6 Å². The molecule has 0 bridgehead atoms. The molecule has 0 spiro atoms. The highest BCUT2D eigenvalue weighted by Gasteiger charge is 2.38. The second-order valence-electron chi connectivity index (χ2n) is 8.80. The van der Waals surface area contributed by atoms with Crippen LogP contribution in [0.5, 0.6) is 0 Å². The highest BCUT2D eigenvalue weighted by molar-refractivity contribution is 5.90. The van der Waals surface area contributed by atoms with Gasteiger partial charge in [0.15, 0.2) is 0 Å². The first-order chi connectivity index (χ1) is 15.5. The van der Waals surface area contributed by atoms with Crippen molar-refractivity contribution in [3.05, 3.63) is 60.2 Å². The molecule has 2 aliphatic heterocycles. The molecule has 0 N–H and O–H groups in total. The van der Waals surface area contributed by atoms with Crippen molar-refractivity contribution < 1.29 is 14.4 Å². The monoisotopic (exact) mass is 433 g/mol. The van der Waals surface area contributed by atoms with Crippen molar-refractivity contribution in [2.45, 2.75) is 19.8 Å². The first-order valence-electron chi connectivity index (χ1n) is 11.4. The first kappa shape index (κ1) is 22.1. The summed E-state index contributed by atoms with van der Waals surface area (Å²) in [5.74, 6) is -0.507. The van der Waals surface area contributed by atoms with Gasteiger partial charge in [-0.05, 0) is 30.0 Å². The lowest BCUT2D eigenvalue weighted by molar-refractivity contribution is -0.137. The molecule has 2 heterocycles. The summed E-state index contributed by atoms with van der Waals surface area (Å²) in [4.78, 5) is 43.9. The number of likely N-dealkylation sites (tertiary alicyclic amines) is 1. The Hall–Kier alpha value is -3.15. The molecule has 3 amide bonds. The fourth-order valence-electron chi connectivity index (χ4n) is 4.86. The molecule has 2 fully saturated rings. The molecule has 168 valence electrons. The number of nitrogens with zero attached hydrogens (tertiary/aromatic N) is 3. The van der Waals surface area contributed by atoms with Crippen LogP contribution in [-0.2, 0) is 20.8 Å². The maximum Gasteiger partial charge on any atom is 0.228 e. The van der Waals surface area contributed by atoms with Gasteiger partial charge in [0.25, 0.3) is 0 Å². The lowest BCUT2D eigenvalue weighted by atomic mass is 9.91. The van der Waals surface area contributed by atoms with Gasteiger partial charge in [0, 0.05) is 46.2 Å². The van der Waals surface area contributed by atoms with E-state index in [1.165, 1.54) is 0 Å². The number of hydrogen-bond acceptors (Lipinski definition) is 3. The molecule has 2 atom stereocenters. The molecule has 0 radical (unpaired) electrons. The van der Waals surface area contributed by atoms with Gasteiger partial charge in [-0.15, -0.1) is 0 Å². The van der Waals surface area contributed by atoms with Crippen LogP contribution < -0.4 is 0 Å². The van der Waals surface area contributed by atoms with Gasteiger partial charge in [0.2, 0.25) is 17.7 Å². The largest absolute Gasteiger partial charge is 0.345 e. The smallest absolute Gasteiger partial charge is 0.228 e. The summed E-state index contributed by atoms with van der Waals surface area (Å²) in [6.45, 7) is 4.52. The Balaban J connectivity index is 1.58. The van der Waals surface area contributed by atoms with Crippen molar-refractivity contribution in [1.82, 2.24) is 14.7 Å². The van der Waals surface area contributed by atoms with Crippen LogP contribution in [0.25, 0.3) is 11.1 Å². The number of carbonyl (C=O) groups is 3. The van der Waals surface area contributed by atoms with Crippen LogP contribution in [0.4, 0.5) is 0 Å². The average molecular weight is 434 g/mol. The molecule has 2 aromatic rings.